The smallest absolute Gasteiger partial charge is 0.254 e. The number of rotatable bonds is 5. The molecule has 0 unspecified atom stereocenters. The summed E-state index contributed by atoms with van der Waals surface area (Å²) in [5.74, 6) is -0.0685. The predicted molar refractivity (Wildman–Crippen MR) is 79.5 cm³/mol. The number of anilines is 1. The average Bonchev–Trinajstić information content (AvgIpc) is 2.32. The number of carbonyl (C=O) groups is 1. The summed E-state index contributed by atoms with van der Waals surface area (Å²) in [6.07, 6.45) is 2.66. The monoisotopic (exact) mass is 263 g/mol. The van der Waals surface area contributed by atoms with E-state index in [1.54, 1.807) is 6.20 Å². The van der Waals surface area contributed by atoms with Crippen LogP contribution in [-0.4, -0.2) is 24.0 Å². The van der Waals surface area contributed by atoms with Crippen molar-refractivity contribution in [3.63, 3.8) is 0 Å². The lowest BCUT2D eigenvalue weighted by Crippen LogP contribution is -2.32. The van der Waals surface area contributed by atoms with E-state index in [4.69, 9.17) is 0 Å². The zero-order chi connectivity index (χ0) is 14.5. The topological polar surface area (TPSA) is 54.0 Å². The molecule has 19 heavy (non-hydrogen) atoms. The second kappa shape index (κ2) is 6.55. The third kappa shape index (κ3) is 5.28. The molecule has 0 fully saturated rings. The number of nitrogens with zero attached hydrogens (tertiary/aromatic N) is 1. The highest BCUT2D eigenvalue weighted by Crippen LogP contribution is 2.17. The second-order valence-electron chi connectivity index (χ2n) is 6.04. The minimum absolute atomic E-state index is 0.0685. The maximum atomic E-state index is 12.2. The Labute approximate surface area is 116 Å². The van der Waals surface area contributed by atoms with Crippen molar-refractivity contribution in [3.05, 3.63) is 23.5 Å². The van der Waals surface area contributed by atoms with E-state index in [0.717, 1.165) is 24.3 Å². The molecule has 0 bridgehead atoms. The summed E-state index contributed by atoms with van der Waals surface area (Å²) in [6.45, 7) is 11.8. The minimum atomic E-state index is -0.0685. The van der Waals surface area contributed by atoms with Gasteiger partial charge in [-0.2, -0.15) is 0 Å². The van der Waals surface area contributed by atoms with Gasteiger partial charge in [0.1, 0.15) is 0 Å². The Hall–Kier alpha value is -1.58. The molecule has 1 amide bonds. The summed E-state index contributed by atoms with van der Waals surface area (Å²) < 4.78 is 0. The van der Waals surface area contributed by atoms with E-state index in [1.807, 2.05) is 13.0 Å². The van der Waals surface area contributed by atoms with E-state index in [2.05, 4.69) is 43.3 Å². The Kier molecular flexibility index (Phi) is 5.33. The zero-order valence-electron chi connectivity index (χ0n) is 12.6. The van der Waals surface area contributed by atoms with Gasteiger partial charge in [-0.05, 0) is 24.8 Å². The number of aromatic nitrogens is 1. The summed E-state index contributed by atoms with van der Waals surface area (Å²) in [5, 5.41) is 6.24. The summed E-state index contributed by atoms with van der Waals surface area (Å²) in [5.41, 5.74) is 2.46. The van der Waals surface area contributed by atoms with Gasteiger partial charge >= 0.3 is 0 Å². The molecule has 0 atom stereocenters. The lowest BCUT2D eigenvalue weighted by atomic mass is 9.97. The third-order valence-corrected chi connectivity index (χ3v) is 2.63. The first-order chi connectivity index (χ1) is 8.83. The van der Waals surface area contributed by atoms with Crippen LogP contribution in [0.4, 0.5) is 5.69 Å². The quantitative estimate of drug-likeness (QED) is 0.858. The molecule has 0 aliphatic rings. The molecule has 0 saturated heterocycles. The number of hydrogen-bond donors (Lipinski definition) is 2. The Bertz CT molecular complexity index is 436. The zero-order valence-corrected chi connectivity index (χ0v) is 12.6. The first kappa shape index (κ1) is 15.5. The van der Waals surface area contributed by atoms with Gasteiger partial charge in [-0.3, -0.25) is 9.78 Å². The molecular formula is C15H25N3O. The van der Waals surface area contributed by atoms with E-state index < -0.39 is 0 Å². The maximum absolute atomic E-state index is 12.2. The fraction of sp³-hybridized carbons (Fsp3) is 0.600. The molecular weight excluding hydrogens is 238 g/mol. The number of aryl methyl sites for hydroxylation is 1. The third-order valence-electron chi connectivity index (χ3n) is 2.63. The predicted octanol–water partition coefficient (Wildman–Crippen LogP) is 2.99. The lowest BCUT2D eigenvalue weighted by molar-refractivity contribution is 0.0939. The summed E-state index contributed by atoms with van der Waals surface area (Å²) in [6, 6.07) is 1.92. The first-order valence-electron chi connectivity index (χ1n) is 6.82. The highest BCUT2D eigenvalue weighted by molar-refractivity contribution is 5.99. The highest BCUT2D eigenvalue weighted by atomic mass is 16.1. The van der Waals surface area contributed by atoms with Gasteiger partial charge in [0.15, 0.2) is 0 Å². The molecule has 0 spiro atoms. The van der Waals surface area contributed by atoms with E-state index in [1.165, 1.54) is 0 Å². The highest BCUT2D eigenvalue weighted by Gasteiger charge is 2.16. The Morgan fingerprint density at radius 3 is 2.63 bits per heavy atom. The van der Waals surface area contributed by atoms with Crippen molar-refractivity contribution in [1.29, 1.82) is 0 Å². The number of hydrogen-bond acceptors (Lipinski definition) is 3. The van der Waals surface area contributed by atoms with Gasteiger partial charge in [0.05, 0.1) is 11.3 Å². The van der Waals surface area contributed by atoms with Crippen molar-refractivity contribution in [2.45, 2.75) is 41.0 Å². The van der Waals surface area contributed by atoms with E-state index in [-0.39, 0.29) is 11.3 Å². The number of pyridine rings is 1. The standard InChI is InChI=1S/C15H25N3O/c1-6-7-16-13-8-11(2)17-9-12(13)14(19)18-10-15(3,4)5/h8-9H,6-7,10H2,1-5H3,(H,16,17)(H,18,19). The fourth-order valence-corrected chi connectivity index (χ4v) is 1.59. The van der Waals surface area contributed by atoms with Crippen molar-refractivity contribution in [1.82, 2.24) is 10.3 Å². The first-order valence-corrected chi connectivity index (χ1v) is 6.82. The van der Waals surface area contributed by atoms with E-state index in [9.17, 15) is 4.79 Å². The molecule has 4 heteroatoms. The van der Waals surface area contributed by atoms with Crippen LogP contribution in [-0.2, 0) is 0 Å². The van der Waals surface area contributed by atoms with Crippen molar-refractivity contribution >= 4 is 11.6 Å². The number of nitrogens with one attached hydrogen (secondary N) is 2. The molecule has 2 N–H and O–H groups in total. The largest absolute Gasteiger partial charge is 0.384 e. The molecule has 106 valence electrons. The van der Waals surface area contributed by atoms with Crippen LogP contribution in [0.25, 0.3) is 0 Å². The van der Waals surface area contributed by atoms with Gasteiger partial charge in [0, 0.05) is 25.0 Å². The van der Waals surface area contributed by atoms with Crippen LogP contribution in [0.2, 0.25) is 0 Å². The van der Waals surface area contributed by atoms with Crippen LogP contribution in [0.3, 0.4) is 0 Å². The van der Waals surface area contributed by atoms with Gasteiger partial charge in [-0.1, -0.05) is 27.7 Å². The minimum Gasteiger partial charge on any atom is -0.384 e. The van der Waals surface area contributed by atoms with Gasteiger partial charge in [0.25, 0.3) is 5.91 Å². The molecule has 4 nitrogen and oxygen atoms in total. The van der Waals surface area contributed by atoms with Crippen LogP contribution < -0.4 is 10.6 Å². The lowest BCUT2D eigenvalue weighted by Gasteiger charge is -2.19. The van der Waals surface area contributed by atoms with Gasteiger partial charge in [-0.15, -0.1) is 0 Å². The molecule has 1 aromatic rings. The average molecular weight is 263 g/mol. The summed E-state index contributed by atoms with van der Waals surface area (Å²) in [7, 11) is 0. The van der Waals surface area contributed by atoms with Gasteiger partial charge < -0.3 is 10.6 Å². The Balaban J connectivity index is 2.83. The molecule has 0 radical (unpaired) electrons. The van der Waals surface area contributed by atoms with Crippen molar-refractivity contribution in [3.8, 4) is 0 Å². The van der Waals surface area contributed by atoms with Crippen LogP contribution >= 0.6 is 0 Å². The number of amides is 1. The maximum Gasteiger partial charge on any atom is 0.254 e. The summed E-state index contributed by atoms with van der Waals surface area (Å²) in [4.78, 5) is 16.4. The number of carbonyl (C=O) groups excluding carboxylic acids is 1. The SMILES string of the molecule is CCCNc1cc(C)ncc1C(=O)NCC(C)(C)C. The molecule has 0 aliphatic carbocycles. The van der Waals surface area contributed by atoms with Crippen molar-refractivity contribution in [2.24, 2.45) is 5.41 Å². The van der Waals surface area contributed by atoms with Crippen molar-refractivity contribution in [2.75, 3.05) is 18.4 Å². The van der Waals surface area contributed by atoms with Crippen LogP contribution in [0.1, 0.15) is 50.2 Å². The molecule has 0 aliphatic heterocycles. The van der Waals surface area contributed by atoms with Crippen LogP contribution in [0.5, 0.6) is 0 Å². The molecule has 0 saturated carbocycles. The Morgan fingerprint density at radius 1 is 1.37 bits per heavy atom. The molecule has 0 aromatic carbocycles. The van der Waals surface area contributed by atoms with E-state index in [0.29, 0.717) is 12.1 Å². The van der Waals surface area contributed by atoms with Crippen LogP contribution in [0.15, 0.2) is 12.3 Å². The second-order valence-corrected chi connectivity index (χ2v) is 6.04. The van der Waals surface area contributed by atoms with Gasteiger partial charge in [0.2, 0.25) is 0 Å². The summed E-state index contributed by atoms with van der Waals surface area (Å²) >= 11 is 0. The molecule has 1 rings (SSSR count). The molecule has 1 aromatic heterocycles. The van der Waals surface area contributed by atoms with E-state index >= 15 is 0 Å². The molecule has 1 heterocycles. The fourth-order valence-electron chi connectivity index (χ4n) is 1.59. The Morgan fingerprint density at radius 2 is 2.05 bits per heavy atom. The normalized spacial score (nSPS) is 11.2. The van der Waals surface area contributed by atoms with Gasteiger partial charge in [-0.25, -0.2) is 0 Å². The van der Waals surface area contributed by atoms with Crippen molar-refractivity contribution < 1.29 is 4.79 Å². The van der Waals surface area contributed by atoms with Crippen LogP contribution in [0, 0.1) is 12.3 Å².